The van der Waals surface area contributed by atoms with Crippen molar-refractivity contribution in [2.24, 2.45) is 11.8 Å². The van der Waals surface area contributed by atoms with Crippen molar-refractivity contribution in [3.8, 4) is 11.5 Å². The van der Waals surface area contributed by atoms with Gasteiger partial charge in [-0.3, -0.25) is 0 Å². The first-order valence-electron chi connectivity index (χ1n) is 6.32. The van der Waals surface area contributed by atoms with E-state index in [1.807, 2.05) is 12.1 Å². The van der Waals surface area contributed by atoms with Crippen LogP contribution in [-0.2, 0) is 0 Å². The van der Waals surface area contributed by atoms with E-state index in [1.165, 1.54) is 5.56 Å². The van der Waals surface area contributed by atoms with Gasteiger partial charge >= 0.3 is 0 Å². The van der Waals surface area contributed by atoms with Crippen LogP contribution in [0.2, 0.25) is 0 Å². The number of benzene rings is 1. The van der Waals surface area contributed by atoms with Crippen LogP contribution < -0.4 is 4.74 Å². The van der Waals surface area contributed by atoms with Crippen molar-refractivity contribution in [1.82, 2.24) is 0 Å². The van der Waals surface area contributed by atoms with Crippen molar-refractivity contribution in [1.29, 1.82) is 0 Å². The Morgan fingerprint density at radius 3 is 2.29 bits per heavy atom. The predicted octanol–water partition coefficient (Wildman–Crippen LogP) is 4.19. The third kappa shape index (κ3) is 3.65. The molecule has 0 aliphatic rings. The van der Waals surface area contributed by atoms with Crippen molar-refractivity contribution in [3.05, 3.63) is 23.8 Å². The molecule has 0 bridgehead atoms. The number of aromatic hydroxyl groups is 1. The summed E-state index contributed by atoms with van der Waals surface area (Å²) in [5.74, 6) is 2.55. The molecule has 17 heavy (non-hydrogen) atoms. The molecular formula is C15H24O2. The van der Waals surface area contributed by atoms with E-state index >= 15 is 0 Å². The number of rotatable bonds is 5. The van der Waals surface area contributed by atoms with Crippen LogP contribution >= 0.6 is 0 Å². The second-order valence-electron chi connectivity index (χ2n) is 5.41. The Labute approximate surface area is 105 Å². The van der Waals surface area contributed by atoms with E-state index in [9.17, 15) is 5.11 Å². The largest absolute Gasteiger partial charge is 0.504 e. The van der Waals surface area contributed by atoms with Gasteiger partial charge in [0.2, 0.25) is 0 Å². The maximum absolute atomic E-state index is 9.61. The average molecular weight is 236 g/mol. The lowest BCUT2D eigenvalue weighted by molar-refractivity contribution is 0.368. The quantitative estimate of drug-likeness (QED) is 0.830. The van der Waals surface area contributed by atoms with Crippen molar-refractivity contribution < 1.29 is 9.84 Å². The second kappa shape index (κ2) is 5.95. The van der Waals surface area contributed by atoms with Crippen molar-refractivity contribution >= 4 is 0 Å². The summed E-state index contributed by atoms with van der Waals surface area (Å²) in [6.45, 7) is 8.97. The van der Waals surface area contributed by atoms with Crippen LogP contribution in [0.1, 0.15) is 45.6 Å². The van der Waals surface area contributed by atoms with Crippen molar-refractivity contribution in [3.63, 3.8) is 0 Å². The molecule has 0 fully saturated rings. The Morgan fingerprint density at radius 1 is 1.18 bits per heavy atom. The molecule has 2 nitrogen and oxygen atoms in total. The summed E-state index contributed by atoms with van der Waals surface area (Å²) in [6, 6.07) is 5.69. The van der Waals surface area contributed by atoms with E-state index < -0.39 is 0 Å². The Kier molecular flexibility index (Phi) is 4.86. The lowest BCUT2D eigenvalue weighted by atomic mass is 9.82. The molecule has 0 aromatic heterocycles. The molecule has 0 spiro atoms. The van der Waals surface area contributed by atoms with E-state index in [0.717, 1.165) is 6.42 Å². The minimum atomic E-state index is 0.211. The zero-order valence-electron chi connectivity index (χ0n) is 11.5. The first-order chi connectivity index (χ1) is 7.95. The van der Waals surface area contributed by atoms with Crippen LogP contribution in [-0.4, -0.2) is 12.2 Å². The highest BCUT2D eigenvalue weighted by Crippen LogP contribution is 2.35. The van der Waals surface area contributed by atoms with Crippen LogP contribution in [0.15, 0.2) is 18.2 Å². The topological polar surface area (TPSA) is 29.5 Å². The summed E-state index contributed by atoms with van der Waals surface area (Å²) in [7, 11) is 1.59. The van der Waals surface area contributed by atoms with Gasteiger partial charge in [-0.1, -0.05) is 33.8 Å². The fraction of sp³-hybridized carbons (Fsp3) is 0.600. The summed E-state index contributed by atoms with van der Waals surface area (Å²) >= 11 is 0. The van der Waals surface area contributed by atoms with Gasteiger partial charge in [0.1, 0.15) is 0 Å². The number of hydrogen-bond acceptors (Lipinski definition) is 2. The van der Waals surface area contributed by atoms with E-state index in [-0.39, 0.29) is 5.75 Å². The van der Waals surface area contributed by atoms with Crippen LogP contribution in [0.5, 0.6) is 11.5 Å². The number of phenolic OH excluding ortho intramolecular Hbond substituents is 1. The standard InChI is InChI=1S/C15H24O2/c1-10(2)8-13(11(3)4)12-6-7-14(16)15(9-12)17-5/h6-7,9-11,13,16H,8H2,1-5H3. The van der Waals surface area contributed by atoms with Gasteiger partial charge in [0.15, 0.2) is 11.5 Å². The summed E-state index contributed by atoms with van der Waals surface area (Å²) in [6.07, 6.45) is 1.16. The lowest BCUT2D eigenvalue weighted by Crippen LogP contribution is -2.10. The Hall–Kier alpha value is -1.18. The zero-order chi connectivity index (χ0) is 13.0. The van der Waals surface area contributed by atoms with Gasteiger partial charge < -0.3 is 9.84 Å². The second-order valence-corrected chi connectivity index (χ2v) is 5.41. The summed E-state index contributed by atoms with van der Waals surface area (Å²) in [5.41, 5.74) is 1.25. The van der Waals surface area contributed by atoms with Gasteiger partial charge in [0, 0.05) is 0 Å². The molecule has 0 heterocycles. The van der Waals surface area contributed by atoms with Crippen molar-refractivity contribution in [2.45, 2.75) is 40.0 Å². The molecule has 1 aromatic carbocycles. The highest BCUT2D eigenvalue weighted by molar-refractivity contribution is 5.43. The molecule has 1 rings (SSSR count). The van der Waals surface area contributed by atoms with Gasteiger partial charge in [0.05, 0.1) is 7.11 Å². The normalized spacial score (nSPS) is 13.1. The maximum Gasteiger partial charge on any atom is 0.160 e. The Balaban J connectivity index is 3.01. The molecule has 0 aliphatic carbocycles. The number of methoxy groups -OCH3 is 1. The molecule has 0 radical (unpaired) electrons. The number of ether oxygens (including phenoxy) is 1. The average Bonchev–Trinajstić information content (AvgIpc) is 2.26. The Bertz CT molecular complexity index is 356. The zero-order valence-corrected chi connectivity index (χ0v) is 11.5. The van der Waals surface area contributed by atoms with Gasteiger partial charge in [0.25, 0.3) is 0 Å². The van der Waals surface area contributed by atoms with Crippen LogP contribution in [0.3, 0.4) is 0 Å². The molecule has 0 saturated heterocycles. The van der Waals surface area contributed by atoms with Crippen LogP contribution in [0.25, 0.3) is 0 Å². The fourth-order valence-corrected chi connectivity index (χ4v) is 2.23. The van der Waals surface area contributed by atoms with Gasteiger partial charge in [-0.2, -0.15) is 0 Å². The molecule has 0 aliphatic heterocycles. The van der Waals surface area contributed by atoms with E-state index in [0.29, 0.717) is 23.5 Å². The highest BCUT2D eigenvalue weighted by Gasteiger charge is 2.18. The molecular weight excluding hydrogens is 212 g/mol. The minimum absolute atomic E-state index is 0.211. The first kappa shape index (κ1) is 13.9. The SMILES string of the molecule is COc1cc(C(CC(C)C)C(C)C)ccc1O. The molecule has 1 unspecified atom stereocenters. The van der Waals surface area contributed by atoms with Gasteiger partial charge in [-0.15, -0.1) is 0 Å². The van der Waals surface area contributed by atoms with E-state index in [1.54, 1.807) is 13.2 Å². The van der Waals surface area contributed by atoms with E-state index in [4.69, 9.17) is 4.74 Å². The third-order valence-corrected chi connectivity index (χ3v) is 3.16. The molecule has 96 valence electrons. The predicted molar refractivity (Wildman–Crippen MR) is 71.7 cm³/mol. The fourth-order valence-electron chi connectivity index (χ4n) is 2.23. The first-order valence-corrected chi connectivity index (χ1v) is 6.32. The summed E-state index contributed by atoms with van der Waals surface area (Å²) in [5, 5.41) is 9.61. The molecule has 0 amide bonds. The molecule has 2 heteroatoms. The highest BCUT2D eigenvalue weighted by atomic mass is 16.5. The molecule has 1 N–H and O–H groups in total. The summed E-state index contributed by atoms with van der Waals surface area (Å²) in [4.78, 5) is 0. The van der Waals surface area contributed by atoms with Crippen LogP contribution in [0.4, 0.5) is 0 Å². The van der Waals surface area contributed by atoms with Gasteiger partial charge in [-0.05, 0) is 41.9 Å². The molecule has 0 saturated carbocycles. The number of hydrogen-bond donors (Lipinski definition) is 1. The van der Waals surface area contributed by atoms with Crippen molar-refractivity contribution in [2.75, 3.05) is 7.11 Å². The summed E-state index contributed by atoms with van der Waals surface area (Å²) < 4.78 is 5.17. The Morgan fingerprint density at radius 2 is 1.82 bits per heavy atom. The van der Waals surface area contributed by atoms with Gasteiger partial charge in [-0.25, -0.2) is 0 Å². The lowest BCUT2D eigenvalue weighted by Gasteiger charge is -2.24. The van der Waals surface area contributed by atoms with Crippen LogP contribution in [0, 0.1) is 11.8 Å². The molecule has 1 atom stereocenters. The molecule has 1 aromatic rings. The van der Waals surface area contributed by atoms with E-state index in [2.05, 4.69) is 27.7 Å². The minimum Gasteiger partial charge on any atom is -0.504 e. The monoisotopic (exact) mass is 236 g/mol. The third-order valence-electron chi connectivity index (χ3n) is 3.16. The number of phenols is 1. The maximum atomic E-state index is 9.61. The smallest absolute Gasteiger partial charge is 0.160 e.